The van der Waals surface area contributed by atoms with E-state index in [1.54, 1.807) is 0 Å². The largest absolute Gasteiger partial charge is 0.361 e. The van der Waals surface area contributed by atoms with E-state index in [0.29, 0.717) is 6.04 Å². The second-order valence-electron chi connectivity index (χ2n) is 4.80. The Morgan fingerprint density at radius 2 is 1.89 bits per heavy atom. The van der Waals surface area contributed by atoms with E-state index in [1.807, 2.05) is 25.2 Å². The van der Waals surface area contributed by atoms with E-state index in [4.69, 9.17) is 4.52 Å². The molecule has 4 heteroatoms. The Bertz CT molecular complexity index is 510. The van der Waals surface area contributed by atoms with Crippen molar-refractivity contribution in [2.45, 2.75) is 46.7 Å². The van der Waals surface area contributed by atoms with Crippen LogP contribution in [0.15, 0.2) is 16.7 Å². The van der Waals surface area contributed by atoms with E-state index < -0.39 is 0 Å². The Balaban J connectivity index is 2.10. The topological polar surface area (TPSA) is 38.1 Å². The zero-order valence-corrected chi connectivity index (χ0v) is 12.4. The van der Waals surface area contributed by atoms with Crippen molar-refractivity contribution in [3.8, 4) is 0 Å². The summed E-state index contributed by atoms with van der Waals surface area (Å²) in [6.45, 7) is 10.4. The first kappa shape index (κ1) is 13.3. The highest BCUT2D eigenvalue weighted by Gasteiger charge is 2.19. The van der Waals surface area contributed by atoms with Crippen LogP contribution in [0.2, 0.25) is 0 Å². The van der Waals surface area contributed by atoms with Gasteiger partial charge in [0.25, 0.3) is 0 Å². The van der Waals surface area contributed by atoms with Gasteiger partial charge in [0.1, 0.15) is 5.76 Å². The Morgan fingerprint density at radius 1 is 1.17 bits per heavy atom. The van der Waals surface area contributed by atoms with E-state index >= 15 is 0 Å². The number of aromatic nitrogens is 1. The van der Waals surface area contributed by atoms with Gasteiger partial charge in [-0.1, -0.05) is 5.16 Å². The summed E-state index contributed by atoms with van der Waals surface area (Å²) in [4.78, 5) is 2.72. The lowest BCUT2D eigenvalue weighted by Crippen LogP contribution is -2.22. The minimum absolute atomic E-state index is 0.244. The molecule has 2 aromatic heterocycles. The fourth-order valence-corrected chi connectivity index (χ4v) is 3.22. The van der Waals surface area contributed by atoms with Gasteiger partial charge in [-0.3, -0.25) is 0 Å². The SMILES string of the molecule is Cc1ccc(C(C)NC(C)c2c(C)noc2C)s1. The van der Waals surface area contributed by atoms with E-state index in [9.17, 15) is 0 Å². The highest BCUT2D eigenvalue weighted by Crippen LogP contribution is 2.27. The lowest BCUT2D eigenvalue weighted by molar-refractivity contribution is 0.389. The predicted octanol–water partition coefficient (Wildman–Crippen LogP) is 4.07. The molecule has 0 spiro atoms. The Morgan fingerprint density at radius 3 is 2.39 bits per heavy atom. The molecule has 0 aliphatic heterocycles. The summed E-state index contributed by atoms with van der Waals surface area (Å²) < 4.78 is 5.22. The Hall–Kier alpha value is -1.13. The molecule has 2 unspecified atom stereocenters. The molecule has 2 heterocycles. The zero-order valence-electron chi connectivity index (χ0n) is 11.6. The summed E-state index contributed by atoms with van der Waals surface area (Å²) in [7, 11) is 0. The predicted molar refractivity (Wildman–Crippen MR) is 75.0 cm³/mol. The van der Waals surface area contributed by atoms with Crippen molar-refractivity contribution in [3.63, 3.8) is 0 Å². The molecule has 0 aliphatic carbocycles. The first-order valence-electron chi connectivity index (χ1n) is 6.24. The Labute approximate surface area is 112 Å². The van der Waals surface area contributed by atoms with Crippen molar-refractivity contribution in [3.05, 3.63) is 38.9 Å². The van der Waals surface area contributed by atoms with E-state index in [2.05, 4.69) is 43.4 Å². The fraction of sp³-hybridized carbons (Fsp3) is 0.500. The van der Waals surface area contributed by atoms with E-state index in [1.165, 1.54) is 15.3 Å². The highest BCUT2D eigenvalue weighted by molar-refractivity contribution is 7.12. The number of nitrogens with one attached hydrogen (secondary N) is 1. The molecule has 0 aliphatic rings. The zero-order chi connectivity index (χ0) is 13.3. The van der Waals surface area contributed by atoms with Gasteiger partial charge in [0.2, 0.25) is 0 Å². The summed E-state index contributed by atoms with van der Waals surface area (Å²) >= 11 is 1.84. The van der Waals surface area contributed by atoms with Crippen molar-refractivity contribution in [1.29, 1.82) is 0 Å². The maximum absolute atomic E-state index is 5.22. The van der Waals surface area contributed by atoms with Crippen LogP contribution in [0.3, 0.4) is 0 Å². The van der Waals surface area contributed by atoms with Crippen molar-refractivity contribution in [2.75, 3.05) is 0 Å². The molecular formula is C14H20N2OS. The van der Waals surface area contributed by atoms with Crippen LogP contribution in [0.1, 0.15) is 52.7 Å². The number of nitrogens with zero attached hydrogens (tertiary/aromatic N) is 1. The molecule has 0 radical (unpaired) electrons. The normalized spacial score (nSPS) is 14.7. The number of rotatable bonds is 4. The van der Waals surface area contributed by atoms with Gasteiger partial charge in [-0.05, 0) is 46.8 Å². The van der Waals surface area contributed by atoms with Gasteiger partial charge in [-0.15, -0.1) is 11.3 Å². The molecule has 2 rings (SSSR count). The quantitative estimate of drug-likeness (QED) is 0.904. The third-order valence-corrected chi connectivity index (χ3v) is 4.39. The van der Waals surface area contributed by atoms with E-state index in [-0.39, 0.29) is 6.04 Å². The summed E-state index contributed by atoms with van der Waals surface area (Å²) in [6, 6.07) is 4.94. The van der Waals surface area contributed by atoms with Crippen LogP contribution in [0, 0.1) is 20.8 Å². The minimum atomic E-state index is 0.244. The number of hydrogen-bond acceptors (Lipinski definition) is 4. The molecule has 98 valence electrons. The molecule has 0 amide bonds. The molecule has 0 aromatic carbocycles. The van der Waals surface area contributed by atoms with Crippen LogP contribution in [0.5, 0.6) is 0 Å². The molecule has 2 aromatic rings. The molecule has 0 fully saturated rings. The van der Waals surface area contributed by atoms with Gasteiger partial charge in [0.05, 0.1) is 5.69 Å². The van der Waals surface area contributed by atoms with Gasteiger partial charge in [0, 0.05) is 27.4 Å². The average molecular weight is 264 g/mol. The Kier molecular flexibility index (Phi) is 3.88. The average Bonchev–Trinajstić information content (AvgIpc) is 2.85. The number of hydrogen-bond donors (Lipinski definition) is 1. The number of thiophene rings is 1. The van der Waals surface area contributed by atoms with Gasteiger partial charge in [-0.25, -0.2) is 0 Å². The number of aryl methyl sites for hydroxylation is 3. The lowest BCUT2D eigenvalue weighted by Gasteiger charge is -2.19. The first-order valence-corrected chi connectivity index (χ1v) is 7.06. The highest BCUT2D eigenvalue weighted by atomic mass is 32.1. The van der Waals surface area contributed by atoms with Crippen molar-refractivity contribution >= 4 is 11.3 Å². The summed E-state index contributed by atoms with van der Waals surface area (Å²) in [5.41, 5.74) is 2.15. The van der Waals surface area contributed by atoms with Crippen LogP contribution in [0.25, 0.3) is 0 Å². The second-order valence-corrected chi connectivity index (χ2v) is 6.12. The monoisotopic (exact) mass is 264 g/mol. The molecular weight excluding hydrogens is 244 g/mol. The van der Waals surface area contributed by atoms with Crippen molar-refractivity contribution in [2.24, 2.45) is 0 Å². The third-order valence-electron chi connectivity index (χ3n) is 3.21. The van der Waals surface area contributed by atoms with Crippen LogP contribution >= 0.6 is 11.3 Å². The molecule has 0 bridgehead atoms. The second kappa shape index (κ2) is 5.24. The fourth-order valence-electron chi connectivity index (χ4n) is 2.33. The van der Waals surface area contributed by atoms with Crippen LogP contribution < -0.4 is 5.32 Å². The summed E-state index contributed by atoms with van der Waals surface area (Å²) in [5, 5.41) is 7.61. The van der Waals surface area contributed by atoms with Gasteiger partial charge >= 0.3 is 0 Å². The summed E-state index contributed by atoms with van der Waals surface area (Å²) in [6.07, 6.45) is 0. The van der Waals surface area contributed by atoms with Gasteiger partial charge in [0.15, 0.2) is 0 Å². The van der Waals surface area contributed by atoms with Crippen LogP contribution in [-0.2, 0) is 0 Å². The molecule has 0 saturated heterocycles. The molecule has 0 saturated carbocycles. The van der Waals surface area contributed by atoms with Crippen LogP contribution in [-0.4, -0.2) is 5.16 Å². The molecule has 1 N–H and O–H groups in total. The van der Waals surface area contributed by atoms with E-state index in [0.717, 1.165) is 11.5 Å². The van der Waals surface area contributed by atoms with Crippen molar-refractivity contribution < 1.29 is 4.52 Å². The first-order chi connectivity index (χ1) is 8.49. The molecule has 18 heavy (non-hydrogen) atoms. The molecule has 3 nitrogen and oxygen atoms in total. The van der Waals surface area contributed by atoms with Gasteiger partial charge in [-0.2, -0.15) is 0 Å². The lowest BCUT2D eigenvalue weighted by atomic mass is 10.1. The standard InChI is InChI=1S/C14H20N2OS/c1-8-6-7-13(18-8)9(2)15-10(3)14-11(4)16-17-12(14)5/h6-7,9-10,15H,1-5H3. The smallest absolute Gasteiger partial charge is 0.138 e. The maximum Gasteiger partial charge on any atom is 0.138 e. The van der Waals surface area contributed by atoms with Gasteiger partial charge < -0.3 is 9.84 Å². The molecule has 2 atom stereocenters. The van der Waals surface area contributed by atoms with Crippen molar-refractivity contribution in [1.82, 2.24) is 10.5 Å². The maximum atomic E-state index is 5.22. The summed E-state index contributed by atoms with van der Waals surface area (Å²) in [5.74, 6) is 0.905. The van der Waals surface area contributed by atoms with Crippen LogP contribution in [0.4, 0.5) is 0 Å². The third kappa shape index (κ3) is 2.65. The minimum Gasteiger partial charge on any atom is -0.361 e.